The first-order valence-corrected chi connectivity index (χ1v) is 11.6. The molecule has 2 aromatic heterocycles. The van der Waals surface area contributed by atoms with Crippen LogP contribution in [0.5, 0.6) is 0 Å². The second kappa shape index (κ2) is 8.45. The number of aromatic nitrogens is 2. The molecule has 0 saturated heterocycles. The van der Waals surface area contributed by atoms with Gasteiger partial charge in [-0.05, 0) is 37.0 Å². The molecule has 0 fully saturated rings. The number of rotatable bonds is 6. The molecule has 29 heavy (non-hydrogen) atoms. The Kier molecular flexibility index (Phi) is 5.94. The van der Waals surface area contributed by atoms with Crippen molar-refractivity contribution in [2.45, 2.75) is 31.6 Å². The van der Waals surface area contributed by atoms with Crippen molar-refractivity contribution in [1.82, 2.24) is 14.9 Å². The Morgan fingerprint density at radius 3 is 3.03 bits per heavy atom. The second-order valence-corrected chi connectivity index (χ2v) is 9.47. The molecule has 4 rings (SSSR count). The number of aryl methyl sites for hydroxylation is 2. The van der Waals surface area contributed by atoms with Crippen LogP contribution in [0.15, 0.2) is 23.0 Å². The smallest absolute Gasteiger partial charge is 0.259 e. The minimum Gasteiger partial charge on any atom is -0.341 e. The number of thiophene rings is 1. The van der Waals surface area contributed by atoms with E-state index in [4.69, 9.17) is 11.6 Å². The number of amides is 1. The zero-order chi connectivity index (χ0) is 20.5. The summed E-state index contributed by atoms with van der Waals surface area (Å²) in [5, 5.41) is 1.03. The molecular formula is C20H19ClFN3O2S2. The van der Waals surface area contributed by atoms with Crippen LogP contribution in [-0.4, -0.2) is 33.6 Å². The van der Waals surface area contributed by atoms with Crippen molar-refractivity contribution in [1.29, 1.82) is 0 Å². The van der Waals surface area contributed by atoms with Gasteiger partial charge in [0.25, 0.3) is 5.56 Å². The highest BCUT2D eigenvalue weighted by Crippen LogP contribution is 2.34. The van der Waals surface area contributed by atoms with Crippen molar-refractivity contribution >= 4 is 50.8 Å². The third-order valence-electron chi connectivity index (χ3n) is 4.97. The molecule has 152 valence electrons. The topological polar surface area (TPSA) is 66.1 Å². The summed E-state index contributed by atoms with van der Waals surface area (Å²) in [5.74, 6) is 0.620. The van der Waals surface area contributed by atoms with Crippen molar-refractivity contribution in [2.24, 2.45) is 0 Å². The summed E-state index contributed by atoms with van der Waals surface area (Å²) in [6.45, 7) is 0.104. The predicted molar refractivity (Wildman–Crippen MR) is 116 cm³/mol. The maximum atomic E-state index is 13.9. The van der Waals surface area contributed by atoms with Gasteiger partial charge in [0, 0.05) is 29.1 Å². The van der Waals surface area contributed by atoms with Gasteiger partial charge in [-0.2, -0.15) is 0 Å². The average Bonchev–Trinajstić information content (AvgIpc) is 3.25. The molecule has 9 heteroatoms. The summed E-state index contributed by atoms with van der Waals surface area (Å²) in [5.41, 5.74) is 1.36. The van der Waals surface area contributed by atoms with Crippen molar-refractivity contribution in [2.75, 3.05) is 12.8 Å². The maximum Gasteiger partial charge on any atom is 0.259 e. The van der Waals surface area contributed by atoms with Gasteiger partial charge in [0.15, 0.2) is 0 Å². The SMILES string of the molecule is CN(Cc1c(F)cccc1Cl)C(=O)CSCc1nc2sc3c(c2c(=O)[nH]1)CCC3. The number of hydrogen-bond donors (Lipinski definition) is 1. The van der Waals surface area contributed by atoms with Crippen LogP contribution in [0.25, 0.3) is 10.2 Å². The number of carbonyl (C=O) groups is 1. The van der Waals surface area contributed by atoms with Crippen molar-refractivity contribution < 1.29 is 9.18 Å². The van der Waals surface area contributed by atoms with Crippen LogP contribution in [0, 0.1) is 5.82 Å². The lowest BCUT2D eigenvalue weighted by Crippen LogP contribution is -2.28. The first kappa shape index (κ1) is 20.4. The Bertz CT molecular complexity index is 1120. The Morgan fingerprint density at radius 2 is 2.24 bits per heavy atom. The standard InChI is InChI=1S/C20H19ClFN3O2S2/c1-25(8-12-13(21)5-3-6-14(12)22)17(26)10-28-9-16-23-19(27)18-11-4-2-7-15(11)29-20(18)24-16/h3,5-6H,2,4,7-10H2,1H3,(H,23,24,27). The molecule has 1 aliphatic rings. The molecule has 1 amide bonds. The van der Waals surface area contributed by atoms with Gasteiger partial charge in [0.2, 0.25) is 5.91 Å². The number of benzene rings is 1. The van der Waals surface area contributed by atoms with Crippen LogP contribution in [0.2, 0.25) is 5.02 Å². The summed E-state index contributed by atoms with van der Waals surface area (Å²) >= 11 is 8.99. The fraction of sp³-hybridized carbons (Fsp3) is 0.350. The van der Waals surface area contributed by atoms with Crippen LogP contribution in [0.3, 0.4) is 0 Å². The van der Waals surface area contributed by atoms with E-state index in [9.17, 15) is 14.0 Å². The Morgan fingerprint density at radius 1 is 1.41 bits per heavy atom. The molecule has 5 nitrogen and oxygen atoms in total. The Balaban J connectivity index is 1.37. The van der Waals surface area contributed by atoms with E-state index in [0.717, 1.165) is 35.0 Å². The lowest BCUT2D eigenvalue weighted by atomic mass is 10.2. The minimum atomic E-state index is -0.428. The highest BCUT2D eigenvalue weighted by molar-refractivity contribution is 7.99. The van der Waals surface area contributed by atoms with Gasteiger partial charge in [-0.3, -0.25) is 9.59 Å². The quantitative estimate of drug-likeness (QED) is 0.611. The molecule has 1 N–H and O–H groups in total. The number of nitrogens with one attached hydrogen (secondary N) is 1. The third kappa shape index (κ3) is 4.20. The third-order valence-corrected chi connectivity index (χ3v) is 7.44. The Hall–Kier alpha value is -1.90. The molecule has 1 aromatic carbocycles. The van der Waals surface area contributed by atoms with Crippen molar-refractivity contribution in [3.05, 3.63) is 61.2 Å². The molecule has 0 aliphatic heterocycles. The zero-order valence-corrected chi connectivity index (χ0v) is 18.1. The lowest BCUT2D eigenvalue weighted by molar-refractivity contribution is -0.127. The summed E-state index contributed by atoms with van der Waals surface area (Å²) < 4.78 is 13.9. The molecule has 0 saturated carbocycles. The number of carbonyl (C=O) groups excluding carboxylic acids is 1. The first-order valence-electron chi connectivity index (χ1n) is 9.22. The van der Waals surface area contributed by atoms with Gasteiger partial charge in [-0.25, -0.2) is 9.37 Å². The van der Waals surface area contributed by atoms with Crippen molar-refractivity contribution in [3.8, 4) is 0 Å². The van der Waals surface area contributed by atoms with Crippen molar-refractivity contribution in [3.63, 3.8) is 0 Å². The van der Waals surface area contributed by atoms with Crippen LogP contribution in [0.4, 0.5) is 4.39 Å². The summed E-state index contributed by atoms with van der Waals surface area (Å²) in [6, 6.07) is 4.46. The number of hydrogen-bond acceptors (Lipinski definition) is 5. The molecule has 0 radical (unpaired) electrons. The van der Waals surface area contributed by atoms with Gasteiger partial charge in [-0.15, -0.1) is 23.1 Å². The van der Waals surface area contributed by atoms with E-state index in [2.05, 4.69) is 9.97 Å². The van der Waals surface area contributed by atoms with Crippen LogP contribution in [0.1, 0.15) is 28.2 Å². The lowest BCUT2D eigenvalue weighted by Gasteiger charge is -2.18. The predicted octanol–water partition coefficient (Wildman–Crippen LogP) is 4.16. The van der Waals surface area contributed by atoms with E-state index in [-0.39, 0.29) is 23.8 Å². The van der Waals surface area contributed by atoms with Gasteiger partial charge in [0.1, 0.15) is 16.5 Å². The highest BCUT2D eigenvalue weighted by Gasteiger charge is 2.21. The van der Waals surface area contributed by atoms with Crippen LogP contribution >= 0.6 is 34.7 Å². The van der Waals surface area contributed by atoms with E-state index in [0.29, 0.717) is 22.2 Å². The van der Waals surface area contributed by atoms with E-state index in [1.807, 2.05) is 0 Å². The Labute approximate surface area is 180 Å². The fourth-order valence-electron chi connectivity index (χ4n) is 3.47. The fourth-order valence-corrected chi connectivity index (χ4v) is 5.80. The van der Waals surface area contributed by atoms with Crippen LogP contribution < -0.4 is 5.56 Å². The largest absolute Gasteiger partial charge is 0.341 e. The van der Waals surface area contributed by atoms with E-state index < -0.39 is 5.82 Å². The number of H-pyrrole nitrogens is 1. The van der Waals surface area contributed by atoms with Gasteiger partial charge in [-0.1, -0.05) is 17.7 Å². The zero-order valence-electron chi connectivity index (χ0n) is 15.8. The molecule has 2 heterocycles. The molecule has 0 atom stereocenters. The summed E-state index contributed by atoms with van der Waals surface area (Å²) in [6.07, 6.45) is 3.07. The number of thioether (sulfide) groups is 1. The molecule has 3 aromatic rings. The summed E-state index contributed by atoms with van der Waals surface area (Å²) in [4.78, 5) is 35.8. The molecule has 0 bridgehead atoms. The molecule has 0 unspecified atom stereocenters. The van der Waals surface area contributed by atoms with Gasteiger partial charge >= 0.3 is 0 Å². The molecule has 0 spiro atoms. The first-order chi connectivity index (χ1) is 13.9. The van der Waals surface area contributed by atoms with Gasteiger partial charge in [0.05, 0.1) is 16.9 Å². The van der Waals surface area contributed by atoms with Crippen LogP contribution in [-0.2, 0) is 29.9 Å². The van der Waals surface area contributed by atoms with E-state index in [1.54, 1.807) is 24.5 Å². The maximum absolute atomic E-state index is 13.9. The van der Waals surface area contributed by atoms with Gasteiger partial charge < -0.3 is 9.88 Å². The normalized spacial score (nSPS) is 13.1. The van der Waals surface area contributed by atoms with E-state index in [1.165, 1.54) is 33.7 Å². The highest BCUT2D eigenvalue weighted by atomic mass is 35.5. The molecular weight excluding hydrogens is 433 g/mol. The average molecular weight is 452 g/mol. The van der Waals surface area contributed by atoms with E-state index >= 15 is 0 Å². The monoisotopic (exact) mass is 451 g/mol. The minimum absolute atomic E-state index is 0.0948. The second-order valence-electron chi connectivity index (χ2n) is 6.99. The summed E-state index contributed by atoms with van der Waals surface area (Å²) in [7, 11) is 1.62. The molecule has 1 aliphatic carbocycles. The number of aromatic amines is 1. The number of nitrogens with zero attached hydrogens (tertiary/aromatic N) is 2. The number of halogens is 2. The number of fused-ring (bicyclic) bond motifs is 3.